The Morgan fingerprint density at radius 2 is 2.05 bits per heavy atom. The molecule has 0 saturated heterocycles. The van der Waals surface area contributed by atoms with Crippen LogP contribution >= 0.6 is 0 Å². The largest absolute Gasteiger partial charge is 0.487 e. The van der Waals surface area contributed by atoms with Crippen LogP contribution in [0.1, 0.15) is 67.1 Å². The first-order chi connectivity index (χ1) is 17.6. The number of rotatable bonds is 9. The van der Waals surface area contributed by atoms with Crippen molar-refractivity contribution >= 4 is 5.97 Å². The van der Waals surface area contributed by atoms with E-state index in [4.69, 9.17) is 14.5 Å². The van der Waals surface area contributed by atoms with Crippen LogP contribution < -0.4 is 4.74 Å². The number of benzene rings is 1. The summed E-state index contributed by atoms with van der Waals surface area (Å²) < 4.78 is 14.1. The molecule has 0 radical (unpaired) electrons. The monoisotopic (exact) mass is 507 g/mol. The molecular formula is C28H37N5O4. The Morgan fingerprint density at radius 3 is 2.73 bits per heavy atom. The molecule has 0 bridgehead atoms. The molecule has 37 heavy (non-hydrogen) atoms. The van der Waals surface area contributed by atoms with Crippen molar-refractivity contribution in [3.63, 3.8) is 0 Å². The zero-order valence-electron chi connectivity index (χ0n) is 22.6. The number of pyridine rings is 1. The zero-order valence-corrected chi connectivity index (χ0v) is 22.6. The molecule has 1 N–H and O–H groups in total. The van der Waals surface area contributed by atoms with Crippen LogP contribution in [0.2, 0.25) is 0 Å². The molecule has 198 valence electrons. The Bertz CT molecular complexity index is 1260. The van der Waals surface area contributed by atoms with Gasteiger partial charge in [0.25, 0.3) is 0 Å². The van der Waals surface area contributed by atoms with Gasteiger partial charge >= 0.3 is 5.97 Å². The summed E-state index contributed by atoms with van der Waals surface area (Å²) >= 11 is 0. The second kappa shape index (κ2) is 11.0. The molecule has 0 amide bonds. The van der Waals surface area contributed by atoms with Gasteiger partial charge in [-0.1, -0.05) is 30.3 Å². The van der Waals surface area contributed by atoms with Gasteiger partial charge in [0, 0.05) is 32.4 Å². The standard InChI is InChI=1S/C28H37N5O4/c1-7-23-15-33(16-24-25(37-23)11-9-19(3)29-24)13-21-12-20(10-8-18(21)2)26(28(4,5)27(34)35)36-17-22-14-32(6)31-30-22/h8-12,14,23,26H,7,13,15-17H2,1-6H3,(H,34,35)/t23-,26-/m1/s1. The lowest BCUT2D eigenvalue weighted by molar-refractivity contribution is -0.158. The molecule has 2 atom stereocenters. The number of carboxylic acid groups (broad SMARTS) is 1. The average molecular weight is 508 g/mol. The summed E-state index contributed by atoms with van der Waals surface area (Å²) in [6.45, 7) is 11.9. The summed E-state index contributed by atoms with van der Waals surface area (Å²) in [5.74, 6) is -0.0709. The van der Waals surface area contributed by atoms with Gasteiger partial charge in [-0.15, -0.1) is 5.10 Å². The van der Waals surface area contributed by atoms with Crippen LogP contribution in [0.4, 0.5) is 0 Å². The van der Waals surface area contributed by atoms with Crippen molar-refractivity contribution in [3.8, 4) is 5.75 Å². The molecule has 2 aromatic heterocycles. The third-order valence-corrected chi connectivity index (χ3v) is 6.98. The molecule has 1 aliphatic rings. The van der Waals surface area contributed by atoms with Gasteiger partial charge in [-0.05, 0) is 62.9 Å². The summed E-state index contributed by atoms with van der Waals surface area (Å²) in [5.41, 5.74) is 4.50. The Labute approximate surface area is 218 Å². The highest BCUT2D eigenvalue weighted by Gasteiger charge is 2.39. The first-order valence-electron chi connectivity index (χ1n) is 12.7. The van der Waals surface area contributed by atoms with Crippen LogP contribution in [0.5, 0.6) is 5.75 Å². The van der Waals surface area contributed by atoms with Crippen LogP contribution in [0.3, 0.4) is 0 Å². The van der Waals surface area contributed by atoms with E-state index < -0.39 is 17.5 Å². The van der Waals surface area contributed by atoms with Crippen molar-refractivity contribution < 1.29 is 19.4 Å². The van der Waals surface area contributed by atoms with E-state index in [0.717, 1.165) is 46.8 Å². The normalized spacial score (nSPS) is 17.1. The SMILES string of the molecule is CC[C@@H]1CN(Cc2cc([C@@H](OCc3cn(C)nn3)C(C)(C)C(=O)O)ccc2C)Cc2nc(C)ccc2O1. The third-order valence-electron chi connectivity index (χ3n) is 6.98. The van der Waals surface area contributed by atoms with Crippen LogP contribution in [0.25, 0.3) is 0 Å². The number of aromatic nitrogens is 4. The van der Waals surface area contributed by atoms with Gasteiger partial charge in [-0.25, -0.2) is 0 Å². The first-order valence-corrected chi connectivity index (χ1v) is 12.7. The minimum atomic E-state index is -1.15. The molecule has 3 aromatic rings. The highest BCUT2D eigenvalue weighted by atomic mass is 16.5. The highest BCUT2D eigenvalue weighted by Crippen LogP contribution is 2.38. The fourth-order valence-corrected chi connectivity index (χ4v) is 4.66. The molecule has 0 unspecified atom stereocenters. The van der Waals surface area contributed by atoms with E-state index >= 15 is 0 Å². The quantitative estimate of drug-likeness (QED) is 0.456. The summed E-state index contributed by atoms with van der Waals surface area (Å²) in [5, 5.41) is 18.1. The molecule has 0 saturated carbocycles. The van der Waals surface area contributed by atoms with E-state index in [1.54, 1.807) is 31.8 Å². The lowest BCUT2D eigenvalue weighted by Gasteiger charge is -2.31. The molecule has 3 heterocycles. The number of hydrogen-bond donors (Lipinski definition) is 1. The Kier molecular flexibility index (Phi) is 7.94. The van der Waals surface area contributed by atoms with E-state index in [0.29, 0.717) is 18.8 Å². The van der Waals surface area contributed by atoms with E-state index in [1.807, 2.05) is 31.2 Å². The van der Waals surface area contributed by atoms with Crippen molar-refractivity contribution in [2.45, 2.75) is 72.9 Å². The van der Waals surface area contributed by atoms with E-state index in [9.17, 15) is 9.90 Å². The smallest absolute Gasteiger partial charge is 0.312 e. The Balaban J connectivity index is 1.62. The average Bonchev–Trinajstić information content (AvgIpc) is 3.17. The summed E-state index contributed by atoms with van der Waals surface area (Å²) in [6, 6.07) is 10.1. The molecule has 4 rings (SSSR count). The molecule has 0 aliphatic carbocycles. The predicted octanol–water partition coefficient (Wildman–Crippen LogP) is 4.37. The molecular weight excluding hydrogens is 470 g/mol. The Morgan fingerprint density at radius 1 is 1.27 bits per heavy atom. The van der Waals surface area contributed by atoms with Crippen LogP contribution in [-0.4, -0.2) is 48.6 Å². The minimum Gasteiger partial charge on any atom is -0.487 e. The van der Waals surface area contributed by atoms with Crippen LogP contribution in [0, 0.1) is 19.3 Å². The maximum absolute atomic E-state index is 12.2. The zero-order chi connectivity index (χ0) is 26.7. The lowest BCUT2D eigenvalue weighted by Crippen LogP contribution is -2.34. The molecule has 0 spiro atoms. The lowest BCUT2D eigenvalue weighted by atomic mass is 9.81. The van der Waals surface area contributed by atoms with Crippen molar-refractivity contribution in [1.82, 2.24) is 24.9 Å². The molecule has 1 aliphatic heterocycles. The van der Waals surface area contributed by atoms with E-state index in [1.165, 1.54) is 0 Å². The van der Waals surface area contributed by atoms with Gasteiger partial charge in [-0.2, -0.15) is 0 Å². The second-order valence-electron chi connectivity index (χ2n) is 10.5. The van der Waals surface area contributed by atoms with Crippen LogP contribution in [-0.2, 0) is 36.3 Å². The number of aliphatic carboxylic acids is 1. The maximum Gasteiger partial charge on any atom is 0.312 e. The second-order valence-corrected chi connectivity index (χ2v) is 10.5. The molecule has 9 nitrogen and oxygen atoms in total. The fraction of sp³-hybridized carbons (Fsp3) is 0.500. The highest BCUT2D eigenvalue weighted by molar-refractivity contribution is 5.74. The number of ether oxygens (including phenoxy) is 2. The maximum atomic E-state index is 12.2. The van der Waals surface area contributed by atoms with Gasteiger partial charge in [0.05, 0.1) is 30.0 Å². The van der Waals surface area contributed by atoms with Gasteiger partial charge < -0.3 is 14.6 Å². The van der Waals surface area contributed by atoms with Crippen molar-refractivity contribution in [2.24, 2.45) is 12.5 Å². The Hall–Kier alpha value is -3.30. The first kappa shape index (κ1) is 26.8. The number of carbonyl (C=O) groups is 1. The van der Waals surface area contributed by atoms with Gasteiger partial charge in [0.1, 0.15) is 17.5 Å². The summed E-state index contributed by atoms with van der Waals surface area (Å²) in [6.07, 6.45) is 2.06. The molecule has 1 aromatic carbocycles. The molecule has 9 heteroatoms. The van der Waals surface area contributed by atoms with E-state index in [-0.39, 0.29) is 12.7 Å². The molecule has 0 fully saturated rings. The van der Waals surface area contributed by atoms with Crippen LogP contribution in [0.15, 0.2) is 36.5 Å². The van der Waals surface area contributed by atoms with Crippen molar-refractivity contribution in [3.05, 3.63) is 70.3 Å². The van der Waals surface area contributed by atoms with Gasteiger partial charge in [0.2, 0.25) is 0 Å². The number of carboxylic acids is 1. The number of fused-ring (bicyclic) bond motifs is 1. The topological polar surface area (TPSA) is 103 Å². The summed E-state index contributed by atoms with van der Waals surface area (Å²) in [4.78, 5) is 19.3. The number of nitrogens with zero attached hydrogens (tertiary/aromatic N) is 5. The predicted molar refractivity (Wildman–Crippen MR) is 139 cm³/mol. The van der Waals surface area contributed by atoms with Gasteiger partial charge in [0.15, 0.2) is 0 Å². The summed E-state index contributed by atoms with van der Waals surface area (Å²) in [7, 11) is 1.79. The minimum absolute atomic E-state index is 0.0725. The van der Waals surface area contributed by atoms with Gasteiger partial charge in [-0.3, -0.25) is 19.4 Å². The number of hydrogen-bond acceptors (Lipinski definition) is 7. The van der Waals surface area contributed by atoms with E-state index in [2.05, 4.69) is 35.1 Å². The van der Waals surface area contributed by atoms with Crippen molar-refractivity contribution in [1.29, 1.82) is 0 Å². The van der Waals surface area contributed by atoms with Crippen molar-refractivity contribution in [2.75, 3.05) is 6.54 Å². The fourth-order valence-electron chi connectivity index (χ4n) is 4.66. The number of aryl methyl sites for hydroxylation is 3. The third kappa shape index (κ3) is 6.17.